The molecule has 0 radical (unpaired) electrons. The van der Waals surface area contributed by atoms with Crippen molar-refractivity contribution in [2.24, 2.45) is 0 Å². The molecule has 0 bridgehead atoms. The standard InChI is InChI=1S/C15H13F3N2O4/c1-3-24-14(22)12-10(15(16,17)18)11(19-20-12)13(21)8-5-4-6-9(7-8)23-2/h4-7H,3H2,1-2H3,(H,19,20). The number of nitrogens with zero attached hydrogens (tertiary/aromatic N) is 1. The topological polar surface area (TPSA) is 81.3 Å². The minimum absolute atomic E-state index is 0.0539. The van der Waals surface area contributed by atoms with E-state index in [2.05, 4.69) is 9.84 Å². The Morgan fingerprint density at radius 3 is 2.58 bits per heavy atom. The molecular weight excluding hydrogens is 329 g/mol. The van der Waals surface area contributed by atoms with E-state index in [1.165, 1.54) is 38.3 Å². The largest absolute Gasteiger partial charge is 0.497 e. The molecule has 1 N–H and O–H groups in total. The van der Waals surface area contributed by atoms with E-state index in [0.29, 0.717) is 5.75 Å². The number of H-pyrrole nitrogens is 1. The summed E-state index contributed by atoms with van der Waals surface area (Å²) in [5.74, 6) is -1.93. The maximum absolute atomic E-state index is 13.3. The number of esters is 1. The maximum Gasteiger partial charge on any atom is 0.421 e. The number of hydrogen-bond donors (Lipinski definition) is 1. The Hall–Kier alpha value is -2.84. The third-order valence-electron chi connectivity index (χ3n) is 3.08. The van der Waals surface area contributed by atoms with Crippen LogP contribution in [0.3, 0.4) is 0 Å². The van der Waals surface area contributed by atoms with Crippen LogP contribution in [0.1, 0.15) is 39.0 Å². The van der Waals surface area contributed by atoms with Crippen LogP contribution in [0, 0.1) is 0 Å². The van der Waals surface area contributed by atoms with Crippen LogP contribution < -0.4 is 4.74 Å². The maximum atomic E-state index is 13.3. The number of alkyl halides is 3. The lowest BCUT2D eigenvalue weighted by molar-refractivity contribution is -0.138. The average molecular weight is 342 g/mol. The Morgan fingerprint density at radius 1 is 1.29 bits per heavy atom. The van der Waals surface area contributed by atoms with Crippen LogP contribution in [0.15, 0.2) is 24.3 Å². The van der Waals surface area contributed by atoms with Crippen molar-refractivity contribution in [3.05, 3.63) is 46.8 Å². The Bertz CT molecular complexity index is 768. The molecule has 2 rings (SSSR count). The van der Waals surface area contributed by atoms with Crippen molar-refractivity contribution in [3.63, 3.8) is 0 Å². The predicted octanol–water partition coefficient (Wildman–Crippen LogP) is 2.84. The van der Waals surface area contributed by atoms with Gasteiger partial charge in [0.25, 0.3) is 0 Å². The summed E-state index contributed by atoms with van der Waals surface area (Å²) < 4.78 is 49.5. The summed E-state index contributed by atoms with van der Waals surface area (Å²) in [5.41, 5.74) is -3.31. The summed E-state index contributed by atoms with van der Waals surface area (Å²) in [5, 5.41) is 5.33. The molecule has 0 saturated heterocycles. The number of hydrogen-bond acceptors (Lipinski definition) is 5. The molecule has 0 unspecified atom stereocenters. The number of aromatic nitrogens is 2. The van der Waals surface area contributed by atoms with E-state index in [-0.39, 0.29) is 12.2 Å². The zero-order chi connectivity index (χ0) is 17.9. The van der Waals surface area contributed by atoms with E-state index in [1.54, 1.807) is 0 Å². The molecule has 128 valence electrons. The normalized spacial score (nSPS) is 11.2. The van der Waals surface area contributed by atoms with Crippen molar-refractivity contribution in [2.75, 3.05) is 13.7 Å². The zero-order valence-electron chi connectivity index (χ0n) is 12.7. The third kappa shape index (κ3) is 3.39. The molecule has 0 aliphatic rings. The molecule has 0 fully saturated rings. The Morgan fingerprint density at radius 2 is 2.00 bits per heavy atom. The lowest BCUT2D eigenvalue weighted by atomic mass is 10.0. The number of carbonyl (C=O) groups is 2. The summed E-state index contributed by atoms with van der Waals surface area (Å²) in [7, 11) is 1.36. The predicted molar refractivity (Wildman–Crippen MR) is 76.0 cm³/mol. The molecule has 0 amide bonds. The minimum atomic E-state index is -4.96. The Balaban J connectivity index is 2.53. The molecule has 1 aromatic carbocycles. The fourth-order valence-corrected chi connectivity index (χ4v) is 2.03. The summed E-state index contributed by atoms with van der Waals surface area (Å²) in [6, 6.07) is 5.60. The van der Waals surface area contributed by atoms with E-state index in [4.69, 9.17) is 4.74 Å². The van der Waals surface area contributed by atoms with E-state index in [9.17, 15) is 22.8 Å². The lowest BCUT2D eigenvalue weighted by Gasteiger charge is -2.09. The molecule has 0 aliphatic heterocycles. The van der Waals surface area contributed by atoms with Gasteiger partial charge in [-0.3, -0.25) is 9.89 Å². The summed E-state index contributed by atoms with van der Waals surface area (Å²) in [6.45, 7) is 1.33. The van der Waals surface area contributed by atoms with Crippen LogP contribution >= 0.6 is 0 Å². The first kappa shape index (κ1) is 17.5. The third-order valence-corrected chi connectivity index (χ3v) is 3.08. The number of carbonyl (C=O) groups excluding carboxylic acids is 2. The number of ketones is 1. The number of rotatable bonds is 5. The summed E-state index contributed by atoms with van der Waals surface area (Å²) in [4.78, 5) is 24.0. The molecule has 9 heteroatoms. The minimum Gasteiger partial charge on any atom is -0.497 e. The number of methoxy groups -OCH3 is 1. The number of aromatic amines is 1. The second-order valence-electron chi connectivity index (χ2n) is 4.60. The van der Waals surface area contributed by atoms with Crippen LogP contribution in [0.4, 0.5) is 13.2 Å². The van der Waals surface area contributed by atoms with Gasteiger partial charge in [0.15, 0.2) is 5.69 Å². The Kier molecular flexibility index (Phi) is 4.91. The first-order valence-corrected chi connectivity index (χ1v) is 6.81. The monoisotopic (exact) mass is 342 g/mol. The molecule has 6 nitrogen and oxygen atoms in total. The van der Waals surface area contributed by atoms with Gasteiger partial charge in [0.1, 0.15) is 17.0 Å². The second-order valence-corrected chi connectivity index (χ2v) is 4.60. The number of benzene rings is 1. The number of nitrogens with one attached hydrogen (secondary N) is 1. The number of halogens is 3. The van der Waals surface area contributed by atoms with Gasteiger partial charge >= 0.3 is 12.1 Å². The van der Waals surface area contributed by atoms with Gasteiger partial charge in [-0.2, -0.15) is 18.3 Å². The first-order valence-electron chi connectivity index (χ1n) is 6.81. The zero-order valence-corrected chi connectivity index (χ0v) is 12.7. The molecule has 2 aromatic rings. The van der Waals surface area contributed by atoms with Crippen molar-refractivity contribution < 1.29 is 32.2 Å². The fourth-order valence-electron chi connectivity index (χ4n) is 2.03. The van der Waals surface area contributed by atoms with Crippen molar-refractivity contribution in [1.82, 2.24) is 10.2 Å². The van der Waals surface area contributed by atoms with Gasteiger partial charge in [-0.25, -0.2) is 4.79 Å². The van der Waals surface area contributed by atoms with Gasteiger partial charge in [-0.15, -0.1) is 0 Å². The van der Waals surface area contributed by atoms with Crippen molar-refractivity contribution >= 4 is 11.8 Å². The Labute approximate surface area is 134 Å². The molecule has 0 aliphatic carbocycles. The SMILES string of the molecule is CCOC(=O)c1[nH]nc(C(=O)c2cccc(OC)c2)c1C(F)(F)F. The van der Waals surface area contributed by atoms with Gasteiger partial charge in [0.05, 0.1) is 13.7 Å². The molecule has 1 aromatic heterocycles. The van der Waals surface area contributed by atoms with Crippen LogP contribution in [0.5, 0.6) is 5.75 Å². The molecule has 0 saturated carbocycles. The van der Waals surface area contributed by atoms with Crippen LogP contribution in [-0.4, -0.2) is 35.7 Å². The summed E-state index contributed by atoms with van der Waals surface area (Å²) in [6.07, 6.45) is -4.96. The van der Waals surface area contributed by atoms with Gasteiger partial charge in [0, 0.05) is 5.56 Å². The first-order chi connectivity index (χ1) is 11.3. The fraction of sp³-hybridized carbons (Fsp3) is 0.267. The van der Waals surface area contributed by atoms with E-state index >= 15 is 0 Å². The van der Waals surface area contributed by atoms with Crippen LogP contribution in [0.2, 0.25) is 0 Å². The highest BCUT2D eigenvalue weighted by Gasteiger charge is 2.43. The highest BCUT2D eigenvalue weighted by atomic mass is 19.4. The van der Waals surface area contributed by atoms with Crippen LogP contribution in [0.25, 0.3) is 0 Å². The molecule has 1 heterocycles. The lowest BCUT2D eigenvalue weighted by Crippen LogP contribution is -2.17. The molecule has 0 spiro atoms. The highest BCUT2D eigenvalue weighted by Crippen LogP contribution is 2.35. The molecule has 0 atom stereocenters. The molecule has 24 heavy (non-hydrogen) atoms. The van der Waals surface area contributed by atoms with E-state index in [1.807, 2.05) is 5.10 Å². The van der Waals surface area contributed by atoms with Gasteiger partial charge in [-0.1, -0.05) is 12.1 Å². The van der Waals surface area contributed by atoms with Gasteiger partial charge in [-0.05, 0) is 19.1 Å². The summed E-state index contributed by atoms with van der Waals surface area (Å²) >= 11 is 0. The number of ether oxygens (including phenoxy) is 2. The van der Waals surface area contributed by atoms with Gasteiger partial charge < -0.3 is 9.47 Å². The van der Waals surface area contributed by atoms with Crippen LogP contribution in [-0.2, 0) is 10.9 Å². The van der Waals surface area contributed by atoms with E-state index in [0.717, 1.165) is 0 Å². The highest BCUT2D eigenvalue weighted by molar-refractivity contribution is 6.10. The van der Waals surface area contributed by atoms with Gasteiger partial charge in [0.2, 0.25) is 5.78 Å². The van der Waals surface area contributed by atoms with E-state index < -0.39 is 34.9 Å². The molecular formula is C15H13F3N2O4. The quantitative estimate of drug-likeness (QED) is 0.667. The van der Waals surface area contributed by atoms with Crippen molar-refractivity contribution in [1.29, 1.82) is 0 Å². The van der Waals surface area contributed by atoms with Crippen molar-refractivity contribution in [2.45, 2.75) is 13.1 Å². The average Bonchev–Trinajstić information content (AvgIpc) is 2.99. The second kappa shape index (κ2) is 6.73. The van der Waals surface area contributed by atoms with Crippen molar-refractivity contribution in [3.8, 4) is 5.75 Å². The smallest absolute Gasteiger partial charge is 0.421 e.